The van der Waals surface area contributed by atoms with Crippen molar-refractivity contribution in [2.75, 3.05) is 23.9 Å². The lowest BCUT2D eigenvalue weighted by Gasteiger charge is -2.33. The van der Waals surface area contributed by atoms with E-state index in [1.165, 1.54) is 36.4 Å². The van der Waals surface area contributed by atoms with Gasteiger partial charge in [0.15, 0.2) is 0 Å². The molecule has 8 nitrogen and oxygen atoms in total. The van der Waals surface area contributed by atoms with Crippen molar-refractivity contribution >= 4 is 27.3 Å². The molecule has 0 saturated carbocycles. The first-order chi connectivity index (χ1) is 13.8. The Labute approximate surface area is 169 Å². The van der Waals surface area contributed by atoms with E-state index in [0.29, 0.717) is 19.0 Å². The van der Waals surface area contributed by atoms with Gasteiger partial charge in [-0.2, -0.15) is 0 Å². The summed E-state index contributed by atoms with van der Waals surface area (Å²) in [6.07, 6.45) is 1.92. The van der Waals surface area contributed by atoms with Crippen LogP contribution in [0.2, 0.25) is 0 Å². The number of nitro benzene ring substituents is 1. The SMILES string of the molecule is CC1CCCN(C(=O)CN(c2ccc([N+](=O)[O-])cc2)S(=O)(=O)c2ccccc2)C1. The van der Waals surface area contributed by atoms with Gasteiger partial charge in [0.05, 0.1) is 15.5 Å². The molecule has 9 heteroatoms. The summed E-state index contributed by atoms with van der Waals surface area (Å²) < 4.78 is 27.5. The normalized spacial score (nSPS) is 17.0. The van der Waals surface area contributed by atoms with Gasteiger partial charge < -0.3 is 4.90 Å². The van der Waals surface area contributed by atoms with Crippen molar-refractivity contribution in [3.05, 3.63) is 64.7 Å². The van der Waals surface area contributed by atoms with Gasteiger partial charge in [0.25, 0.3) is 15.7 Å². The molecule has 0 aliphatic carbocycles. The van der Waals surface area contributed by atoms with Crippen molar-refractivity contribution < 1.29 is 18.1 Å². The maximum atomic E-state index is 13.3. The quantitative estimate of drug-likeness (QED) is 0.531. The summed E-state index contributed by atoms with van der Waals surface area (Å²) in [5.41, 5.74) is 0.0554. The summed E-state index contributed by atoms with van der Waals surface area (Å²) in [5, 5.41) is 10.9. The molecule has 1 aliphatic heterocycles. The van der Waals surface area contributed by atoms with E-state index >= 15 is 0 Å². The maximum absolute atomic E-state index is 13.3. The van der Waals surface area contributed by atoms with Gasteiger partial charge in [0.1, 0.15) is 6.54 Å². The number of likely N-dealkylation sites (tertiary alicyclic amines) is 1. The molecular weight excluding hydrogens is 394 g/mol. The van der Waals surface area contributed by atoms with E-state index in [2.05, 4.69) is 6.92 Å². The minimum atomic E-state index is -4.02. The van der Waals surface area contributed by atoms with Crippen LogP contribution in [0.4, 0.5) is 11.4 Å². The largest absolute Gasteiger partial charge is 0.341 e. The zero-order valence-corrected chi connectivity index (χ0v) is 16.9. The average molecular weight is 417 g/mol. The van der Waals surface area contributed by atoms with E-state index < -0.39 is 14.9 Å². The predicted molar refractivity (Wildman–Crippen MR) is 109 cm³/mol. The fourth-order valence-corrected chi connectivity index (χ4v) is 4.85. The van der Waals surface area contributed by atoms with Crippen LogP contribution >= 0.6 is 0 Å². The lowest BCUT2D eigenvalue weighted by molar-refractivity contribution is -0.384. The number of amides is 1. The van der Waals surface area contributed by atoms with Crippen LogP contribution in [0.1, 0.15) is 19.8 Å². The number of carbonyl (C=O) groups is 1. The van der Waals surface area contributed by atoms with E-state index in [4.69, 9.17) is 0 Å². The van der Waals surface area contributed by atoms with Gasteiger partial charge in [-0.1, -0.05) is 25.1 Å². The van der Waals surface area contributed by atoms with E-state index in [-0.39, 0.29) is 28.7 Å². The van der Waals surface area contributed by atoms with Crippen molar-refractivity contribution in [1.29, 1.82) is 0 Å². The third kappa shape index (κ3) is 4.73. The maximum Gasteiger partial charge on any atom is 0.269 e. The molecule has 1 unspecified atom stereocenters. The number of sulfonamides is 1. The third-order valence-electron chi connectivity index (χ3n) is 4.97. The molecule has 2 aromatic carbocycles. The lowest BCUT2D eigenvalue weighted by Crippen LogP contribution is -2.46. The molecule has 1 fully saturated rings. The fraction of sp³-hybridized carbons (Fsp3) is 0.350. The van der Waals surface area contributed by atoms with E-state index in [1.54, 1.807) is 23.1 Å². The Hall–Kier alpha value is -2.94. The standard InChI is InChI=1S/C20H23N3O5S/c1-16-6-5-13-21(14-16)20(24)15-22(17-9-11-18(12-10-17)23(25)26)29(27,28)19-7-3-2-4-8-19/h2-4,7-12,16H,5-6,13-15H2,1H3. The second-order valence-electron chi connectivity index (χ2n) is 7.19. The minimum Gasteiger partial charge on any atom is -0.341 e. The number of anilines is 1. The molecule has 0 aromatic heterocycles. The molecule has 0 bridgehead atoms. The van der Waals surface area contributed by atoms with Gasteiger partial charge in [0.2, 0.25) is 5.91 Å². The highest BCUT2D eigenvalue weighted by Crippen LogP contribution is 2.26. The summed E-state index contributed by atoms with van der Waals surface area (Å²) in [5.74, 6) is 0.0839. The van der Waals surface area contributed by atoms with Crippen molar-refractivity contribution in [3.8, 4) is 0 Å². The molecule has 1 aliphatic rings. The zero-order valence-electron chi connectivity index (χ0n) is 16.1. The van der Waals surface area contributed by atoms with Gasteiger partial charge in [0, 0.05) is 25.2 Å². The second-order valence-corrected chi connectivity index (χ2v) is 9.05. The lowest BCUT2D eigenvalue weighted by atomic mass is 10.0. The smallest absolute Gasteiger partial charge is 0.269 e. The predicted octanol–water partition coefficient (Wildman–Crippen LogP) is 3.05. The summed E-state index contributed by atoms with van der Waals surface area (Å²) in [4.78, 5) is 25.0. The van der Waals surface area contributed by atoms with Crippen molar-refractivity contribution in [3.63, 3.8) is 0 Å². The molecule has 0 spiro atoms. The second kappa shape index (κ2) is 8.60. The van der Waals surface area contributed by atoms with Crippen molar-refractivity contribution in [1.82, 2.24) is 4.90 Å². The number of nitrogens with zero attached hydrogens (tertiary/aromatic N) is 3. The van der Waals surface area contributed by atoms with Crippen LogP contribution in [0.15, 0.2) is 59.5 Å². The number of carbonyl (C=O) groups excluding carboxylic acids is 1. The van der Waals surface area contributed by atoms with Crippen LogP contribution in [-0.4, -0.2) is 43.8 Å². The summed E-state index contributed by atoms with van der Waals surface area (Å²) >= 11 is 0. The number of nitro groups is 1. The molecule has 1 amide bonds. The first kappa shape index (κ1) is 20.8. The van der Waals surface area contributed by atoms with Crippen LogP contribution in [0.5, 0.6) is 0 Å². The molecule has 1 saturated heterocycles. The molecule has 1 heterocycles. The number of non-ortho nitro benzene ring substituents is 1. The topological polar surface area (TPSA) is 101 Å². The summed E-state index contributed by atoms with van der Waals surface area (Å²) in [7, 11) is -4.02. The Balaban J connectivity index is 1.95. The van der Waals surface area contributed by atoms with Crippen molar-refractivity contribution in [2.45, 2.75) is 24.7 Å². The summed E-state index contributed by atoms with van der Waals surface area (Å²) in [6, 6.07) is 13.0. The highest BCUT2D eigenvalue weighted by Gasteiger charge is 2.30. The van der Waals surface area contributed by atoms with Crippen LogP contribution < -0.4 is 4.31 Å². The number of rotatable bonds is 6. The highest BCUT2D eigenvalue weighted by molar-refractivity contribution is 7.92. The van der Waals surface area contributed by atoms with Gasteiger partial charge >= 0.3 is 0 Å². The molecule has 3 rings (SSSR count). The molecule has 29 heavy (non-hydrogen) atoms. The molecule has 0 N–H and O–H groups in total. The monoisotopic (exact) mass is 417 g/mol. The molecule has 2 aromatic rings. The first-order valence-electron chi connectivity index (χ1n) is 9.39. The molecule has 154 valence electrons. The van der Waals surface area contributed by atoms with Crippen LogP contribution in [-0.2, 0) is 14.8 Å². The van der Waals surface area contributed by atoms with E-state index in [9.17, 15) is 23.3 Å². The van der Waals surface area contributed by atoms with Crippen LogP contribution in [0.3, 0.4) is 0 Å². The van der Waals surface area contributed by atoms with E-state index in [0.717, 1.165) is 17.1 Å². The highest BCUT2D eigenvalue weighted by atomic mass is 32.2. The number of piperidine rings is 1. The van der Waals surface area contributed by atoms with Crippen LogP contribution in [0.25, 0.3) is 0 Å². The average Bonchev–Trinajstić information content (AvgIpc) is 2.72. The van der Waals surface area contributed by atoms with Gasteiger partial charge in [-0.15, -0.1) is 0 Å². The zero-order chi connectivity index (χ0) is 21.0. The third-order valence-corrected chi connectivity index (χ3v) is 6.76. The Morgan fingerprint density at radius 2 is 1.83 bits per heavy atom. The summed E-state index contributed by atoms with van der Waals surface area (Å²) in [6.45, 7) is 2.90. The number of hydrogen-bond donors (Lipinski definition) is 0. The Kier molecular flexibility index (Phi) is 6.17. The Bertz CT molecular complexity index is 977. The molecular formula is C20H23N3O5S. The van der Waals surface area contributed by atoms with Gasteiger partial charge in [-0.3, -0.25) is 19.2 Å². The number of hydrogen-bond acceptors (Lipinski definition) is 5. The minimum absolute atomic E-state index is 0.0539. The van der Waals surface area contributed by atoms with Gasteiger partial charge in [-0.25, -0.2) is 8.42 Å². The van der Waals surface area contributed by atoms with Gasteiger partial charge in [-0.05, 0) is 43.0 Å². The molecule has 0 radical (unpaired) electrons. The Morgan fingerprint density at radius 1 is 1.17 bits per heavy atom. The van der Waals surface area contributed by atoms with Crippen molar-refractivity contribution in [2.24, 2.45) is 5.92 Å². The fourth-order valence-electron chi connectivity index (χ4n) is 3.41. The van der Waals surface area contributed by atoms with E-state index in [1.807, 2.05) is 0 Å². The first-order valence-corrected chi connectivity index (χ1v) is 10.8. The van der Waals surface area contributed by atoms with Crippen LogP contribution in [0, 0.1) is 16.0 Å². The number of benzene rings is 2. The Morgan fingerprint density at radius 3 is 2.41 bits per heavy atom. The molecule has 1 atom stereocenters.